The Kier molecular flexibility index (Phi) is 4.09. The smallest absolute Gasteiger partial charge is 0.234 e. The van der Waals surface area contributed by atoms with E-state index in [2.05, 4.69) is 43.1 Å². The standard InChI is InChI=1S/C18H20N6S/c1-4-8-16-19-20-18-24(16)22-17(25-18)11-15-12(2)21-23(13(15)3)14-9-6-5-7-10-14/h5-7,9-10H,4,8,11H2,1-3H3. The summed E-state index contributed by atoms with van der Waals surface area (Å²) >= 11 is 1.60. The third-order valence-corrected chi connectivity index (χ3v) is 5.24. The Bertz CT molecular complexity index is 1010. The van der Waals surface area contributed by atoms with Gasteiger partial charge in [-0.1, -0.05) is 36.5 Å². The van der Waals surface area contributed by atoms with Crippen molar-refractivity contribution in [3.63, 3.8) is 0 Å². The van der Waals surface area contributed by atoms with E-state index in [0.717, 1.165) is 52.1 Å². The molecule has 0 atom stereocenters. The Balaban J connectivity index is 1.68. The Hall–Kier alpha value is -2.54. The Morgan fingerprint density at radius 1 is 1.04 bits per heavy atom. The molecule has 0 radical (unpaired) electrons. The van der Waals surface area contributed by atoms with Gasteiger partial charge < -0.3 is 0 Å². The van der Waals surface area contributed by atoms with Gasteiger partial charge in [0, 0.05) is 24.1 Å². The highest BCUT2D eigenvalue weighted by atomic mass is 32.1. The topological polar surface area (TPSA) is 60.9 Å². The van der Waals surface area contributed by atoms with Gasteiger partial charge in [-0.2, -0.15) is 14.7 Å². The highest BCUT2D eigenvalue weighted by Crippen LogP contribution is 2.23. The van der Waals surface area contributed by atoms with Gasteiger partial charge in [-0.25, -0.2) is 4.68 Å². The number of hydrogen-bond donors (Lipinski definition) is 0. The van der Waals surface area contributed by atoms with Crippen LogP contribution in [0.3, 0.4) is 0 Å². The normalized spacial score (nSPS) is 11.5. The fourth-order valence-electron chi connectivity index (χ4n) is 3.05. The molecule has 0 amide bonds. The molecule has 6 nitrogen and oxygen atoms in total. The molecule has 128 valence electrons. The molecule has 3 heterocycles. The van der Waals surface area contributed by atoms with E-state index in [0.29, 0.717) is 0 Å². The zero-order valence-electron chi connectivity index (χ0n) is 14.6. The number of para-hydroxylation sites is 1. The third kappa shape index (κ3) is 2.84. The van der Waals surface area contributed by atoms with Crippen LogP contribution in [-0.2, 0) is 12.8 Å². The van der Waals surface area contributed by atoms with E-state index < -0.39 is 0 Å². The van der Waals surface area contributed by atoms with Crippen molar-refractivity contribution >= 4 is 16.3 Å². The second kappa shape index (κ2) is 6.40. The van der Waals surface area contributed by atoms with Crippen LogP contribution in [0.5, 0.6) is 0 Å². The van der Waals surface area contributed by atoms with Gasteiger partial charge in [0.15, 0.2) is 5.82 Å². The number of benzene rings is 1. The van der Waals surface area contributed by atoms with Crippen LogP contribution in [0.25, 0.3) is 10.6 Å². The first-order chi connectivity index (χ1) is 12.2. The second-order valence-corrected chi connectivity index (χ2v) is 7.17. The highest BCUT2D eigenvalue weighted by Gasteiger charge is 2.17. The van der Waals surface area contributed by atoms with Gasteiger partial charge in [-0.15, -0.1) is 10.2 Å². The molecule has 0 saturated heterocycles. The fourth-order valence-corrected chi connectivity index (χ4v) is 3.91. The van der Waals surface area contributed by atoms with Crippen molar-refractivity contribution in [2.24, 2.45) is 0 Å². The summed E-state index contributed by atoms with van der Waals surface area (Å²) in [5.74, 6) is 0.938. The zero-order chi connectivity index (χ0) is 17.4. The predicted octanol–water partition coefficient (Wildman–Crippen LogP) is 3.53. The van der Waals surface area contributed by atoms with Crippen LogP contribution in [0.15, 0.2) is 30.3 Å². The molecule has 0 spiro atoms. The lowest BCUT2D eigenvalue weighted by molar-refractivity contribution is 0.767. The third-order valence-electron chi connectivity index (χ3n) is 4.34. The van der Waals surface area contributed by atoms with Gasteiger partial charge in [-0.3, -0.25) is 0 Å². The molecule has 0 fully saturated rings. The molecular formula is C18H20N6S. The summed E-state index contributed by atoms with van der Waals surface area (Å²) in [5, 5.41) is 19.0. The molecule has 4 rings (SSSR count). The minimum Gasteiger partial charge on any atom is -0.238 e. The molecule has 25 heavy (non-hydrogen) atoms. The van der Waals surface area contributed by atoms with Crippen LogP contribution in [0, 0.1) is 13.8 Å². The molecule has 0 aliphatic rings. The quantitative estimate of drug-likeness (QED) is 0.551. The minimum absolute atomic E-state index is 0.768. The van der Waals surface area contributed by atoms with Crippen molar-refractivity contribution in [2.75, 3.05) is 0 Å². The summed E-state index contributed by atoms with van der Waals surface area (Å²) in [7, 11) is 0. The maximum Gasteiger partial charge on any atom is 0.234 e. The predicted molar refractivity (Wildman–Crippen MR) is 98.5 cm³/mol. The van der Waals surface area contributed by atoms with Crippen molar-refractivity contribution in [2.45, 2.75) is 40.0 Å². The Morgan fingerprint density at radius 3 is 2.60 bits per heavy atom. The lowest BCUT2D eigenvalue weighted by Gasteiger charge is -2.04. The van der Waals surface area contributed by atoms with Crippen LogP contribution >= 0.6 is 11.3 Å². The molecule has 4 aromatic rings. The zero-order valence-corrected chi connectivity index (χ0v) is 15.4. The van der Waals surface area contributed by atoms with E-state index in [1.165, 1.54) is 5.56 Å². The van der Waals surface area contributed by atoms with Crippen LogP contribution in [-0.4, -0.2) is 29.6 Å². The maximum absolute atomic E-state index is 4.72. The van der Waals surface area contributed by atoms with Gasteiger partial charge >= 0.3 is 0 Å². The van der Waals surface area contributed by atoms with E-state index in [-0.39, 0.29) is 0 Å². The SMILES string of the molecule is CCCc1nnc2sc(Cc3c(C)nn(-c4ccccc4)c3C)nn12. The number of hydrogen-bond acceptors (Lipinski definition) is 5. The number of aromatic nitrogens is 6. The minimum atomic E-state index is 0.768. The van der Waals surface area contributed by atoms with Crippen LogP contribution in [0.2, 0.25) is 0 Å². The molecule has 0 unspecified atom stereocenters. The van der Waals surface area contributed by atoms with Gasteiger partial charge in [-0.05, 0) is 32.4 Å². The second-order valence-electron chi connectivity index (χ2n) is 6.13. The van der Waals surface area contributed by atoms with E-state index in [4.69, 9.17) is 10.2 Å². The summed E-state index contributed by atoms with van der Waals surface area (Å²) in [6.45, 7) is 6.31. The highest BCUT2D eigenvalue weighted by molar-refractivity contribution is 7.16. The summed E-state index contributed by atoms with van der Waals surface area (Å²) in [4.78, 5) is 0.865. The summed E-state index contributed by atoms with van der Waals surface area (Å²) in [5.41, 5.74) is 4.51. The first-order valence-electron chi connectivity index (χ1n) is 8.48. The Labute approximate surface area is 150 Å². The average Bonchev–Trinajstić information content (AvgIpc) is 3.26. The largest absolute Gasteiger partial charge is 0.238 e. The fraction of sp³-hybridized carbons (Fsp3) is 0.333. The van der Waals surface area contributed by atoms with Gasteiger partial charge in [0.2, 0.25) is 4.96 Å². The molecule has 0 saturated carbocycles. The van der Waals surface area contributed by atoms with Crippen molar-refractivity contribution < 1.29 is 0 Å². The molecule has 7 heteroatoms. The van der Waals surface area contributed by atoms with Gasteiger partial charge in [0.1, 0.15) is 5.01 Å². The van der Waals surface area contributed by atoms with E-state index in [9.17, 15) is 0 Å². The van der Waals surface area contributed by atoms with E-state index in [1.54, 1.807) is 11.3 Å². The van der Waals surface area contributed by atoms with Crippen molar-refractivity contribution in [1.82, 2.24) is 29.6 Å². The van der Waals surface area contributed by atoms with E-state index in [1.807, 2.05) is 27.4 Å². The molecule has 0 aliphatic heterocycles. The number of fused-ring (bicyclic) bond motifs is 1. The van der Waals surface area contributed by atoms with Crippen LogP contribution < -0.4 is 0 Å². The number of aryl methyl sites for hydroxylation is 2. The number of nitrogens with zero attached hydrogens (tertiary/aromatic N) is 6. The van der Waals surface area contributed by atoms with Crippen LogP contribution in [0.1, 0.15) is 41.1 Å². The van der Waals surface area contributed by atoms with E-state index >= 15 is 0 Å². The molecule has 3 aromatic heterocycles. The van der Waals surface area contributed by atoms with Gasteiger partial charge in [0.25, 0.3) is 0 Å². The first kappa shape index (κ1) is 16.0. The van der Waals surface area contributed by atoms with Crippen molar-refractivity contribution in [3.8, 4) is 5.69 Å². The average molecular weight is 352 g/mol. The molecule has 0 bridgehead atoms. The van der Waals surface area contributed by atoms with Crippen molar-refractivity contribution in [1.29, 1.82) is 0 Å². The first-order valence-corrected chi connectivity index (χ1v) is 9.29. The summed E-state index contributed by atoms with van der Waals surface area (Å²) < 4.78 is 3.89. The molecule has 1 aromatic carbocycles. The molecular weight excluding hydrogens is 332 g/mol. The maximum atomic E-state index is 4.72. The van der Waals surface area contributed by atoms with Crippen LogP contribution in [0.4, 0.5) is 0 Å². The summed E-state index contributed by atoms with van der Waals surface area (Å²) in [6.07, 6.45) is 2.70. The molecule has 0 N–H and O–H groups in total. The van der Waals surface area contributed by atoms with Gasteiger partial charge in [0.05, 0.1) is 11.4 Å². The Morgan fingerprint density at radius 2 is 1.84 bits per heavy atom. The monoisotopic (exact) mass is 352 g/mol. The molecule has 0 aliphatic carbocycles. The lowest BCUT2D eigenvalue weighted by atomic mass is 10.1. The summed E-state index contributed by atoms with van der Waals surface area (Å²) in [6, 6.07) is 10.2. The number of rotatable bonds is 5. The lowest BCUT2D eigenvalue weighted by Crippen LogP contribution is -2.00. The van der Waals surface area contributed by atoms with Crippen molar-refractivity contribution in [3.05, 3.63) is 58.1 Å².